The number of ether oxygens (including phenoxy) is 2. The molecule has 1 amide bonds. The van der Waals surface area contributed by atoms with Crippen LogP contribution in [0, 0.1) is 5.82 Å². The number of ketones is 1. The van der Waals surface area contributed by atoms with Gasteiger partial charge in [-0.05, 0) is 88.6 Å². The number of carbonyl (C=O) groups is 2. The molecule has 4 aromatic rings. The number of Topliss-reactive ketones (excluding diaryl/α,β-unsaturated/α-hetero) is 1. The Bertz CT molecular complexity index is 1780. The van der Waals surface area contributed by atoms with Gasteiger partial charge in [0.2, 0.25) is 5.91 Å². The van der Waals surface area contributed by atoms with Gasteiger partial charge in [0, 0.05) is 40.2 Å². The maximum Gasteiger partial charge on any atom is 0.234 e. The summed E-state index contributed by atoms with van der Waals surface area (Å²) in [6.07, 6.45) is 5.71. The van der Waals surface area contributed by atoms with E-state index in [0.29, 0.717) is 45.1 Å². The van der Waals surface area contributed by atoms with Gasteiger partial charge in [0.15, 0.2) is 5.78 Å². The molecule has 234 valence electrons. The Morgan fingerprint density at radius 3 is 2.56 bits per heavy atom. The van der Waals surface area contributed by atoms with Gasteiger partial charge in [0.05, 0.1) is 12.8 Å². The lowest BCUT2D eigenvalue weighted by molar-refractivity contribution is -0.128. The first-order valence-corrected chi connectivity index (χ1v) is 15.4. The number of nitrogens with one attached hydrogen (secondary N) is 1. The van der Waals surface area contributed by atoms with Crippen LogP contribution in [0.1, 0.15) is 80.9 Å². The monoisotopic (exact) mass is 611 g/mol. The molecule has 0 unspecified atom stereocenters. The Morgan fingerprint density at radius 2 is 1.84 bits per heavy atom. The SMILES string of the molecule is COc1cc(C(=O)CC[C@](C)(O)c2cc3c(c(-c4ccc(F)cc4)n2)OC[C@]3(C)C(=O)NC2(C)CCCC2)cc2cccnc12. The summed E-state index contributed by atoms with van der Waals surface area (Å²) in [5.74, 6) is 0.215. The van der Waals surface area contributed by atoms with Gasteiger partial charge >= 0.3 is 0 Å². The summed E-state index contributed by atoms with van der Waals surface area (Å²) < 4.78 is 25.5. The van der Waals surface area contributed by atoms with Crippen molar-refractivity contribution in [2.24, 2.45) is 0 Å². The third kappa shape index (κ3) is 5.77. The fourth-order valence-electron chi connectivity index (χ4n) is 6.45. The van der Waals surface area contributed by atoms with Gasteiger partial charge in [0.25, 0.3) is 0 Å². The minimum Gasteiger partial charge on any atom is -0.494 e. The van der Waals surface area contributed by atoms with Crippen LogP contribution in [0.25, 0.3) is 22.2 Å². The number of hydrogen-bond donors (Lipinski definition) is 2. The quantitative estimate of drug-likeness (QED) is 0.210. The van der Waals surface area contributed by atoms with Gasteiger partial charge in [-0.1, -0.05) is 18.9 Å². The summed E-state index contributed by atoms with van der Waals surface area (Å²) in [7, 11) is 1.53. The molecule has 1 aliphatic heterocycles. The molecule has 1 fully saturated rings. The molecule has 0 radical (unpaired) electrons. The lowest BCUT2D eigenvalue weighted by atomic mass is 9.80. The number of halogens is 1. The fraction of sp³-hybridized carbons (Fsp3) is 0.389. The van der Waals surface area contributed by atoms with Crippen LogP contribution in [0.4, 0.5) is 4.39 Å². The summed E-state index contributed by atoms with van der Waals surface area (Å²) >= 11 is 0. The third-order valence-electron chi connectivity index (χ3n) is 9.42. The third-order valence-corrected chi connectivity index (χ3v) is 9.42. The molecule has 0 saturated heterocycles. The Balaban J connectivity index is 1.34. The van der Waals surface area contributed by atoms with Crippen molar-refractivity contribution in [1.82, 2.24) is 15.3 Å². The van der Waals surface area contributed by atoms with Crippen molar-refractivity contribution >= 4 is 22.6 Å². The smallest absolute Gasteiger partial charge is 0.234 e. The van der Waals surface area contributed by atoms with Crippen molar-refractivity contribution in [3.63, 3.8) is 0 Å². The van der Waals surface area contributed by atoms with E-state index in [0.717, 1.165) is 31.1 Å². The number of rotatable bonds is 9. The largest absolute Gasteiger partial charge is 0.494 e. The topological polar surface area (TPSA) is 111 Å². The zero-order chi connectivity index (χ0) is 32.0. The molecule has 3 heterocycles. The molecular weight excluding hydrogens is 573 g/mol. The Labute approximate surface area is 262 Å². The van der Waals surface area contributed by atoms with E-state index in [2.05, 4.69) is 17.2 Å². The second-order valence-electron chi connectivity index (χ2n) is 13.0. The lowest BCUT2D eigenvalue weighted by Crippen LogP contribution is -2.52. The molecule has 1 aliphatic carbocycles. The predicted molar refractivity (Wildman–Crippen MR) is 169 cm³/mol. The average molecular weight is 612 g/mol. The molecule has 2 atom stereocenters. The van der Waals surface area contributed by atoms with Crippen LogP contribution < -0.4 is 14.8 Å². The zero-order valence-corrected chi connectivity index (χ0v) is 26.1. The number of pyridine rings is 2. The first-order chi connectivity index (χ1) is 21.4. The van der Waals surface area contributed by atoms with E-state index >= 15 is 0 Å². The van der Waals surface area contributed by atoms with E-state index < -0.39 is 16.8 Å². The molecule has 1 saturated carbocycles. The standard InChI is InChI=1S/C36H38FN3O5/c1-34(14-5-6-15-34)40-33(42)35(2)21-45-32-26(35)20-29(39-31(32)22-9-11-25(37)12-10-22)36(3,43)16-13-27(41)24-18-23-8-7-17-38-30(23)28(19-24)44-4/h7-12,17-20,43H,5-6,13-16,21H2,1-4H3,(H,40,42)/t35-,36-/m0/s1. The summed E-state index contributed by atoms with van der Waals surface area (Å²) in [5.41, 5.74) is 0.135. The molecule has 2 aromatic carbocycles. The van der Waals surface area contributed by atoms with Crippen LogP contribution in [-0.2, 0) is 15.8 Å². The maximum absolute atomic E-state index is 13.9. The van der Waals surface area contributed by atoms with Crippen LogP contribution in [0.15, 0.2) is 60.8 Å². The highest BCUT2D eigenvalue weighted by atomic mass is 19.1. The number of methoxy groups -OCH3 is 1. The van der Waals surface area contributed by atoms with E-state index in [9.17, 15) is 19.1 Å². The van der Waals surface area contributed by atoms with E-state index in [1.54, 1.807) is 49.5 Å². The molecular formula is C36H38FN3O5. The molecule has 0 spiro atoms. The van der Waals surface area contributed by atoms with Gasteiger partial charge in [-0.15, -0.1) is 0 Å². The normalized spacial score (nSPS) is 19.9. The van der Waals surface area contributed by atoms with Gasteiger partial charge in [-0.2, -0.15) is 0 Å². The molecule has 8 nitrogen and oxygen atoms in total. The summed E-state index contributed by atoms with van der Waals surface area (Å²) in [6.45, 7) is 5.62. The van der Waals surface area contributed by atoms with Crippen molar-refractivity contribution in [3.05, 3.63) is 83.4 Å². The molecule has 45 heavy (non-hydrogen) atoms. The molecule has 0 bridgehead atoms. The number of aliphatic hydroxyl groups is 1. The average Bonchev–Trinajstić information content (AvgIpc) is 3.62. The van der Waals surface area contributed by atoms with Gasteiger partial charge in [-0.25, -0.2) is 9.37 Å². The highest BCUT2D eigenvalue weighted by Crippen LogP contribution is 2.47. The molecule has 2 aromatic heterocycles. The van der Waals surface area contributed by atoms with Crippen molar-refractivity contribution in [3.8, 4) is 22.8 Å². The van der Waals surface area contributed by atoms with Gasteiger partial charge < -0.3 is 19.9 Å². The van der Waals surface area contributed by atoms with E-state index in [1.807, 2.05) is 13.0 Å². The summed E-state index contributed by atoms with van der Waals surface area (Å²) in [6, 6.07) is 14.7. The minimum atomic E-state index is -1.54. The minimum absolute atomic E-state index is 0.0270. The number of carbonyl (C=O) groups excluding carboxylic acids is 2. The van der Waals surface area contributed by atoms with Crippen LogP contribution in [0.5, 0.6) is 11.5 Å². The van der Waals surface area contributed by atoms with Gasteiger partial charge in [0.1, 0.15) is 46.1 Å². The number of benzene rings is 2. The van der Waals surface area contributed by atoms with Crippen LogP contribution >= 0.6 is 0 Å². The van der Waals surface area contributed by atoms with Crippen molar-refractivity contribution in [2.45, 2.75) is 75.9 Å². The van der Waals surface area contributed by atoms with Gasteiger partial charge in [-0.3, -0.25) is 14.6 Å². The van der Waals surface area contributed by atoms with Crippen LogP contribution in [0.2, 0.25) is 0 Å². The Kier molecular flexibility index (Phi) is 7.85. The Hall–Kier alpha value is -4.37. The van der Waals surface area contributed by atoms with Crippen LogP contribution in [-0.4, -0.2) is 46.0 Å². The van der Waals surface area contributed by atoms with Crippen molar-refractivity contribution in [1.29, 1.82) is 0 Å². The number of fused-ring (bicyclic) bond motifs is 2. The second kappa shape index (κ2) is 11.5. The lowest BCUT2D eigenvalue weighted by Gasteiger charge is -2.31. The summed E-state index contributed by atoms with van der Waals surface area (Å²) in [5, 5.41) is 15.9. The highest BCUT2D eigenvalue weighted by molar-refractivity contribution is 6.01. The number of hydrogen-bond acceptors (Lipinski definition) is 7. The molecule has 2 N–H and O–H groups in total. The number of aromatic nitrogens is 2. The van der Waals surface area contributed by atoms with E-state index in [-0.39, 0.29) is 36.7 Å². The first-order valence-electron chi connectivity index (χ1n) is 15.4. The van der Waals surface area contributed by atoms with Crippen molar-refractivity contribution in [2.75, 3.05) is 13.7 Å². The second-order valence-corrected chi connectivity index (χ2v) is 13.0. The maximum atomic E-state index is 13.9. The fourth-order valence-corrected chi connectivity index (χ4v) is 6.45. The van der Waals surface area contributed by atoms with Crippen LogP contribution in [0.3, 0.4) is 0 Å². The number of amides is 1. The zero-order valence-electron chi connectivity index (χ0n) is 26.1. The van der Waals surface area contributed by atoms with E-state index in [1.165, 1.54) is 19.2 Å². The summed E-state index contributed by atoms with van der Waals surface area (Å²) in [4.78, 5) is 36.5. The predicted octanol–water partition coefficient (Wildman–Crippen LogP) is 6.41. The first kappa shape index (κ1) is 30.6. The highest BCUT2D eigenvalue weighted by Gasteiger charge is 2.48. The number of nitrogens with zero attached hydrogens (tertiary/aromatic N) is 2. The molecule has 6 rings (SSSR count). The van der Waals surface area contributed by atoms with E-state index in [4.69, 9.17) is 14.5 Å². The Morgan fingerprint density at radius 1 is 1.11 bits per heavy atom. The molecule has 9 heteroatoms. The van der Waals surface area contributed by atoms with Crippen molar-refractivity contribution < 1.29 is 28.6 Å². The molecule has 2 aliphatic rings.